The van der Waals surface area contributed by atoms with E-state index < -0.39 is 0 Å². The van der Waals surface area contributed by atoms with E-state index >= 15 is 0 Å². The lowest BCUT2D eigenvalue weighted by atomic mass is 10.2. The molecule has 1 aromatic heterocycles. The number of fused-ring (bicyclic) bond motifs is 1. The second-order valence-corrected chi connectivity index (χ2v) is 6.61. The first kappa shape index (κ1) is 13.7. The van der Waals surface area contributed by atoms with Crippen molar-refractivity contribution in [2.75, 3.05) is 0 Å². The number of aryl methyl sites for hydroxylation is 1. The van der Waals surface area contributed by atoms with Crippen LogP contribution >= 0.6 is 27.7 Å². The van der Waals surface area contributed by atoms with E-state index in [1.54, 1.807) is 11.8 Å². The van der Waals surface area contributed by atoms with Gasteiger partial charge in [-0.15, -0.1) is 10.2 Å². The van der Waals surface area contributed by atoms with Gasteiger partial charge in [0.1, 0.15) is 11.9 Å². The summed E-state index contributed by atoms with van der Waals surface area (Å²) < 4.78 is 3.05. The molecule has 0 fully saturated rings. The van der Waals surface area contributed by atoms with E-state index in [-0.39, 0.29) is 0 Å². The van der Waals surface area contributed by atoms with E-state index in [9.17, 15) is 0 Å². The van der Waals surface area contributed by atoms with E-state index in [2.05, 4.69) is 36.8 Å². The molecule has 0 aliphatic carbocycles. The summed E-state index contributed by atoms with van der Waals surface area (Å²) in [5.41, 5.74) is 0.648. The maximum Gasteiger partial charge on any atom is 0.196 e. The van der Waals surface area contributed by atoms with Crippen LogP contribution in [0.5, 0.6) is 0 Å². The number of aromatic nitrogens is 3. The second-order valence-electron chi connectivity index (χ2n) is 4.72. The van der Waals surface area contributed by atoms with Gasteiger partial charge in [0.2, 0.25) is 0 Å². The van der Waals surface area contributed by atoms with Crippen LogP contribution in [0.25, 0.3) is 0 Å². The summed E-state index contributed by atoms with van der Waals surface area (Å²) in [5.74, 6) is 1.10. The number of nitrogens with zero attached hydrogens (tertiary/aromatic N) is 4. The minimum absolute atomic E-state index is 0.648. The maximum atomic E-state index is 8.94. The zero-order chi connectivity index (χ0) is 13.9. The lowest BCUT2D eigenvalue weighted by Crippen LogP contribution is -2.02. The lowest BCUT2D eigenvalue weighted by molar-refractivity contribution is 0.591. The van der Waals surface area contributed by atoms with Crippen LogP contribution in [-0.2, 0) is 13.0 Å². The molecule has 0 bridgehead atoms. The van der Waals surface area contributed by atoms with E-state index in [1.165, 1.54) is 19.3 Å². The average molecular weight is 349 g/mol. The van der Waals surface area contributed by atoms with Gasteiger partial charge in [-0.3, -0.25) is 0 Å². The summed E-state index contributed by atoms with van der Waals surface area (Å²) in [5, 5.41) is 18.5. The number of hydrogen-bond donors (Lipinski definition) is 0. The van der Waals surface area contributed by atoms with Crippen LogP contribution in [0.4, 0.5) is 0 Å². The molecule has 0 atom stereocenters. The molecule has 1 aliphatic heterocycles. The molecule has 2 aromatic rings. The van der Waals surface area contributed by atoms with Gasteiger partial charge in [-0.2, -0.15) is 5.26 Å². The van der Waals surface area contributed by atoms with E-state index in [0.717, 1.165) is 33.3 Å². The molecule has 0 saturated carbocycles. The average Bonchev–Trinajstić information content (AvgIpc) is 2.68. The van der Waals surface area contributed by atoms with Gasteiger partial charge >= 0.3 is 0 Å². The molecule has 2 heterocycles. The van der Waals surface area contributed by atoms with Crippen molar-refractivity contribution in [3.05, 3.63) is 34.1 Å². The standard InChI is InChI=1S/C14H13BrN4S/c15-12-8-11(6-5-10(12)9-16)20-14-18-17-13-4-2-1-3-7-19(13)14/h5-6,8H,1-4,7H2. The van der Waals surface area contributed by atoms with Crippen molar-refractivity contribution in [2.24, 2.45) is 0 Å². The lowest BCUT2D eigenvalue weighted by Gasteiger charge is -2.06. The predicted octanol–water partition coefficient (Wildman–Crippen LogP) is 3.79. The molecule has 20 heavy (non-hydrogen) atoms. The Bertz CT molecular complexity index is 674. The fourth-order valence-corrected chi connectivity index (χ4v) is 3.82. The van der Waals surface area contributed by atoms with E-state index in [0.29, 0.717) is 5.56 Å². The number of hydrogen-bond acceptors (Lipinski definition) is 4. The van der Waals surface area contributed by atoms with E-state index in [4.69, 9.17) is 5.26 Å². The first-order valence-corrected chi connectivity index (χ1v) is 8.18. The Kier molecular flexibility index (Phi) is 4.08. The van der Waals surface area contributed by atoms with Crippen LogP contribution in [-0.4, -0.2) is 14.8 Å². The van der Waals surface area contributed by atoms with Crippen LogP contribution in [0.1, 0.15) is 30.7 Å². The van der Waals surface area contributed by atoms with Crippen LogP contribution in [0.3, 0.4) is 0 Å². The molecule has 3 rings (SSSR count). The molecule has 0 unspecified atom stereocenters. The van der Waals surface area contributed by atoms with Gasteiger partial charge < -0.3 is 4.57 Å². The number of nitriles is 1. The molecule has 1 aromatic carbocycles. The third-order valence-electron chi connectivity index (χ3n) is 3.35. The summed E-state index contributed by atoms with van der Waals surface area (Å²) in [6, 6.07) is 7.89. The van der Waals surface area contributed by atoms with Crippen LogP contribution in [0, 0.1) is 11.3 Å². The van der Waals surface area contributed by atoms with Gasteiger partial charge in [0.05, 0.1) is 5.56 Å². The first-order chi connectivity index (χ1) is 9.78. The van der Waals surface area contributed by atoms with Crippen molar-refractivity contribution < 1.29 is 0 Å². The quantitative estimate of drug-likeness (QED) is 0.828. The van der Waals surface area contributed by atoms with Crippen molar-refractivity contribution in [1.82, 2.24) is 14.8 Å². The summed E-state index contributed by atoms with van der Waals surface area (Å²) in [6.07, 6.45) is 4.67. The van der Waals surface area contributed by atoms with Gasteiger partial charge in [-0.25, -0.2) is 0 Å². The summed E-state index contributed by atoms with van der Waals surface area (Å²) in [7, 11) is 0. The molecule has 102 valence electrons. The zero-order valence-corrected chi connectivity index (χ0v) is 13.2. The summed E-state index contributed by atoms with van der Waals surface area (Å²) in [4.78, 5) is 1.07. The third-order valence-corrected chi connectivity index (χ3v) is 4.98. The molecule has 0 radical (unpaired) electrons. The Labute approximate surface area is 130 Å². The second kappa shape index (κ2) is 5.98. The van der Waals surface area contributed by atoms with E-state index in [1.807, 2.05) is 18.2 Å². The Morgan fingerprint density at radius 1 is 1.25 bits per heavy atom. The highest BCUT2D eigenvalue weighted by Gasteiger charge is 2.15. The molecule has 4 nitrogen and oxygen atoms in total. The zero-order valence-electron chi connectivity index (χ0n) is 10.8. The highest BCUT2D eigenvalue weighted by Crippen LogP contribution is 2.31. The predicted molar refractivity (Wildman–Crippen MR) is 80.6 cm³/mol. The van der Waals surface area contributed by atoms with Crippen LogP contribution in [0.15, 0.2) is 32.7 Å². The molecular weight excluding hydrogens is 336 g/mol. The Morgan fingerprint density at radius 3 is 2.95 bits per heavy atom. The van der Waals surface area contributed by atoms with Gasteiger partial charge in [0, 0.05) is 22.3 Å². The Hall–Kier alpha value is -1.32. The Morgan fingerprint density at radius 2 is 2.15 bits per heavy atom. The van der Waals surface area contributed by atoms with Crippen molar-refractivity contribution in [3.63, 3.8) is 0 Å². The van der Waals surface area contributed by atoms with Crippen molar-refractivity contribution in [3.8, 4) is 6.07 Å². The minimum Gasteiger partial charge on any atom is -0.306 e. The fraction of sp³-hybridized carbons (Fsp3) is 0.357. The van der Waals surface area contributed by atoms with Crippen molar-refractivity contribution >= 4 is 27.7 Å². The minimum atomic E-state index is 0.648. The van der Waals surface area contributed by atoms with Gasteiger partial charge in [-0.1, -0.05) is 6.42 Å². The van der Waals surface area contributed by atoms with Crippen LogP contribution in [0.2, 0.25) is 0 Å². The Balaban J connectivity index is 1.87. The van der Waals surface area contributed by atoms with Gasteiger partial charge in [-0.05, 0) is 58.7 Å². The topological polar surface area (TPSA) is 54.5 Å². The van der Waals surface area contributed by atoms with Gasteiger partial charge in [0.25, 0.3) is 0 Å². The number of halogens is 1. The molecule has 0 amide bonds. The van der Waals surface area contributed by atoms with Gasteiger partial charge in [0.15, 0.2) is 5.16 Å². The third kappa shape index (κ3) is 2.74. The maximum absolute atomic E-state index is 8.94. The normalized spacial score (nSPS) is 14.4. The van der Waals surface area contributed by atoms with Crippen molar-refractivity contribution in [2.45, 2.75) is 42.3 Å². The smallest absolute Gasteiger partial charge is 0.196 e. The van der Waals surface area contributed by atoms with Crippen molar-refractivity contribution in [1.29, 1.82) is 5.26 Å². The first-order valence-electron chi connectivity index (χ1n) is 6.57. The highest BCUT2D eigenvalue weighted by molar-refractivity contribution is 9.10. The summed E-state index contributed by atoms with van der Waals surface area (Å²) >= 11 is 5.02. The monoisotopic (exact) mass is 348 g/mol. The molecule has 6 heteroatoms. The van der Waals surface area contributed by atoms with Crippen LogP contribution < -0.4 is 0 Å². The molecule has 0 spiro atoms. The molecule has 0 saturated heterocycles. The number of rotatable bonds is 2. The molecular formula is C14H13BrN4S. The SMILES string of the molecule is N#Cc1ccc(Sc2nnc3n2CCCCC3)cc1Br. The molecule has 1 aliphatic rings. The number of benzene rings is 1. The summed E-state index contributed by atoms with van der Waals surface area (Å²) in [6.45, 7) is 1.00. The molecule has 0 N–H and O–H groups in total. The highest BCUT2D eigenvalue weighted by atomic mass is 79.9. The largest absolute Gasteiger partial charge is 0.306 e. The fourth-order valence-electron chi connectivity index (χ4n) is 2.29.